The van der Waals surface area contributed by atoms with Crippen molar-refractivity contribution in [2.75, 3.05) is 0 Å². The van der Waals surface area contributed by atoms with Gasteiger partial charge < -0.3 is 5.32 Å². The first kappa shape index (κ1) is 16.3. The fourth-order valence-electron chi connectivity index (χ4n) is 1.81. The summed E-state index contributed by atoms with van der Waals surface area (Å²) < 4.78 is 0. The third-order valence-electron chi connectivity index (χ3n) is 2.94. The molecule has 112 valence electrons. The van der Waals surface area contributed by atoms with Crippen LogP contribution >= 0.6 is 23.4 Å². The highest BCUT2D eigenvalue weighted by atomic mass is 35.5. The Kier molecular flexibility index (Phi) is 5.31. The third-order valence-corrected chi connectivity index (χ3v) is 4.32. The van der Waals surface area contributed by atoms with Crippen LogP contribution in [0.5, 0.6) is 0 Å². The molecule has 0 aliphatic heterocycles. The molecule has 2 nitrogen and oxygen atoms in total. The van der Waals surface area contributed by atoms with Crippen LogP contribution in [0.15, 0.2) is 46.5 Å². The molecule has 0 amide bonds. The Balaban J connectivity index is 2.07. The maximum absolute atomic E-state index is 5.91. The Morgan fingerprint density at radius 3 is 2.43 bits per heavy atom. The Morgan fingerprint density at radius 2 is 1.86 bits per heavy atom. The van der Waals surface area contributed by atoms with Crippen molar-refractivity contribution in [1.29, 1.82) is 0 Å². The van der Waals surface area contributed by atoms with E-state index in [-0.39, 0.29) is 5.54 Å². The summed E-state index contributed by atoms with van der Waals surface area (Å²) in [4.78, 5) is 5.74. The zero-order valence-electron chi connectivity index (χ0n) is 12.9. The van der Waals surface area contributed by atoms with Gasteiger partial charge in [0.25, 0.3) is 0 Å². The largest absolute Gasteiger partial charge is 0.308 e. The third kappa shape index (κ3) is 5.34. The number of rotatable bonds is 4. The quantitative estimate of drug-likeness (QED) is 0.850. The normalized spacial score (nSPS) is 11.7. The summed E-state index contributed by atoms with van der Waals surface area (Å²) in [5.74, 6) is 0. The molecule has 0 bridgehead atoms. The molecule has 0 saturated carbocycles. The lowest BCUT2D eigenvalue weighted by Crippen LogP contribution is -2.35. The van der Waals surface area contributed by atoms with Crippen molar-refractivity contribution >= 4 is 23.4 Å². The van der Waals surface area contributed by atoms with Crippen molar-refractivity contribution in [3.63, 3.8) is 0 Å². The van der Waals surface area contributed by atoms with Gasteiger partial charge in [0, 0.05) is 28.2 Å². The number of aromatic nitrogens is 1. The van der Waals surface area contributed by atoms with E-state index in [1.807, 2.05) is 30.5 Å². The van der Waals surface area contributed by atoms with Gasteiger partial charge in [0.2, 0.25) is 0 Å². The van der Waals surface area contributed by atoms with Crippen molar-refractivity contribution < 1.29 is 0 Å². The number of benzene rings is 1. The number of aryl methyl sites for hydroxylation is 1. The predicted octanol–water partition coefficient (Wildman–Crippen LogP) is 5.08. The van der Waals surface area contributed by atoms with Crippen LogP contribution in [0.2, 0.25) is 5.02 Å². The van der Waals surface area contributed by atoms with Crippen LogP contribution in [0.25, 0.3) is 0 Å². The molecule has 0 fully saturated rings. The number of halogens is 1. The first-order valence-corrected chi connectivity index (χ1v) is 8.17. The summed E-state index contributed by atoms with van der Waals surface area (Å²) in [5.41, 5.74) is 2.52. The standard InChI is InChI=1S/C17H21ClN2S/c1-12-9-13(11-20-17(2,3)4)10-19-16(12)21-15-7-5-14(18)6-8-15/h5-10,20H,11H2,1-4H3. The van der Waals surface area contributed by atoms with Gasteiger partial charge >= 0.3 is 0 Å². The van der Waals surface area contributed by atoms with Gasteiger partial charge in [-0.2, -0.15) is 0 Å². The van der Waals surface area contributed by atoms with E-state index < -0.39 is 0 Å². The van der Waals surface area contributed by atoms with Crippen LogP contribution < -0.4 is 5.32 Å². The van der Waals surface area contributed by atoms with Crippen LogP contribution in [0.3, 0.4) is 0 Å². The van der Waals surface area contributed by atoms with Gasteiger partial charge in [-0.15, -0.1) is 0 Å². The molecule has 0 aliphatic rings. The number of pyridine rings is 1. The molecule has 0 atom stereocenters. The van der Waals surface area contributed by atoms with E-state index in [2.05, 4.69) is 44.1 Å². The average molecular weight is 321 g/mol. The highest BCUT2D eigenvalue weighted by molar-refractivity contribution is 7.99. The highest BCUT2D eigenvalue weighted by Crippen LogP contribution is 2.29. The molecule has 1 heterocycles. The maximum Gasteiger partial charge on any atom is 0.104 e. The molecule has 21 heavy (non-hydrogen) atoms. The smallest absolute Gasteiger partial charge is 0.104 e. The highest BCUT2D eigenvalue weighted by Gasteiger charge is 2.10. The van der Waals surface area contributed by atoms with Crippen molar-refractivity contribution in [3.05, 3.63) is 52.7 Å². The fourth-order valence-corrected chi connectivity index (χ4v) is 2.75. The molecule has 0 aliphatic carbocycles. The van der Waals surface area contributed by atoms with Gasteiger partial charge in [-0.1, -0.05) is 29.4 Å². The van der Waals surface area contributed by atoms with Crippen molar-refractivity contribution in [3.8, 4) is 0 Å². The zero-order chi connectivity index (χ0) is 15.5. The van der Waals surface area contributed by atoms with Crippen LogP contribution in [0, 0.1) is 6.92 Å². The fraction of sp³-hybridized carbons (Fsp3) is 0.353. The SMILES string of the molecule is Cc1cc(CNC(C)(C)C)cnc1Sc1ccc(Cl)cc1. The summed E-state index contributed by atoms with van der Waals surface area (Å²) in [6.45, 7) is 9.43. The minimum absolute atomic E-state index is 0.116. The van der Waals surface area contributed by atoms with Gasteiger partial charge in [0.15, 0.2) is 0 Å². The van der Waals surface area contributed by atoms with E-state index in [4.69, 9.17) is 11.6 Å². The van der Waals surface area contributed by atoms with E-state index in [9.17, 15) is 0 Å². The second-order valence-corrected chi connectivity index (χ2v) is 7.62. The van der Waals surface area contributed by atoms with Crippen molar-refractivity contribution in [2.24, 2.45) is 0 Å². The predicted molar refractivity (Wildman–Crippen MR) is 91.1 cm³/mol. The van der Waals surface area contributed by atoms with Crippen molar-refractivity contribution in [1.82, 2.24) is 10.3 Å². The molecule has 1 aromatic heterocycles. The van der Waals surface area contributed by atoms with Crippen LogP contribution in [0.1, 0.15) is 31.9 Å². The number of nitrogens with zero attached hydrogens (tertiary/aromatic N) is 1. The Morgan fingerprint density at radius 1 is 1.19 bits per heavy atom. The van der Waals surface area contributed by atoms with Crippen LogP contribution in [-0.4, -0.2) is 10.5 Å². The number of hydrogen-bond acceptors (Lipinski definition) is 3. The summed E-state index contributed by atoms with van der Waals surface area (Å²) in [6.07, 6.45) is 1.95. The summed E-state index contributed by atoms with van der Waals surface area (Å²) in [5, 5.41) is 5.28. The topological polar surface area (TPSA) is 24.9 Å². The molecule has 0 saturated heterocycles. The monoisotopic (exact) mass is 320 g/mol. The molecule has 1 N–H and O–H groups in total. The molecule has 2 aromatic rings. The average Bonchev–Trinajstić information content (AvgIpc) is 2.41. The van der Waals surface area contributed by atoms with Gasteiger partial charge in [-0.3, -0.25) is 0 Å². The second kappa shape index (κ2) is 6.82. The summed E-state index contributed by atoms with van der Waals surface area (Å²) in [7, 11) is 0. The minimum atomic E-state index is 0.116. The molecule has 0 radical (unpaired) electrons. The molecule has 1 aromatic carbocycles. The van der Waals surface area contributed by atoms with E-state index in [1.54, 1.807) is 11.8 Å². The van der Waals surface area contributed by atoms with Gasteiger partial charge in [-0.25, -0.2) is 4.98 Å². The number of nitrogens with one attached hydrogen (secondary N) is 1. The summed E-state index contributed by atoms with van der Waals surface area (Å²) in [6, 6.07) is 10.0. The van der Waals surface area contributed by atoms with E-state index in [0.717, 1.165) is 21.5 Å². The molecule has 0 unspecified atom stereocenters. The molecular formula is C17H21ClN2S. The lowest BCUT2D eigenvalue weighted by Gasteiger charge is -2.20. The van der Waals surface area contributed by atoms with E-state index in [0.29, 0.717) is 0 Å². The Hall–Kier alpha value is -1.03. The molecule has 0 spiro atoms. The molecule has 2 rings (SSSR count). The summed E-state index contributed by atoms with van der Waals surface area (Å²) >= 11 is 7.57. The van der Waals surface area contributed by atoms with Crippen molar-refractivity contribution in [2.45, 2.75) is 49.7 Å². The molecular weight excluding hydrogens is 300 g/mol. The minimum Gasteiger partial charge on any atom is -0.308 e. The van der Waals surface area contributed by atoms with Crippen LogP contribution in [-0.2, 0) is 6.54 Å². The van der Waals surface area contributed by atoms with Gasteiger partial charge in [0.1, 0.15) is 5.03 Å². The zero-order valence-corrected chi connectivity index (χ0v) is 14.5. The van der Waals surface area contributed by atoms with Gasteiger partial charge in [-0.05, 0) is 63.1 Å². The second-order valence-electron chi connectivity index (χ2n) is 6.13. The lowest BCUT2D eigenvalue weighted by atomic mass is 10.1. The molecule has 4 heteroatoms. The van der Waals surface area contributed by atoms with Crippen LogP contribution in [0.4, 0.5) is 0 Å². The van der Waals surface area contributed by atoms with E-state index >= 15 is 0 Å². The first-order valence-electron chi connectivity index (χ1n) is 6.97. The maximum atomic E-state index is 5.91. The van der Waals surface area contributed by atoms with Gasteiger partial charge in [0.05, 0.1) is 0 Å². The first-order chi connectivity index (χ1) is 9.83. The number of hydrogen-bond donors (Lipinski definition) is 1. The Bertz CT molecular complexity index is 603. The Labute approximate surface area is 136 Å². The lowest BCUT2D eigenvalue weighted by molar-refractivity contribution is 0.424. The van der Waals surface area contributed by atoms with E-state index in [1.165, 1.54) is 11.1 Å².